The second kappa shape index (κ2) is 5.85. The number of nitrogens with one attached hydrogen (secondary N) is 2. The number of hydrogen-bond donors (Lipinski definition) is 4. The highest BCUT2D eigenvalue weighted by molar-refractivity contribution is 5.84. The van der Waals surface area contributed by atoms with Crippen LogP contribution in [0, 0.1) is 0 Å². The lowest BCUT2D eigenvalue weighted by atomic mass is 9.95. The number of rotatable bonds is 3. The van der Waals surface area contributed by atoms with Crippen molar-refractivity contribution in [2.75, 3.05) is 19.6 Å². The fourth-order valence-corrected chi connectivity index (χ4v) is 2.71. The van der Waals surface area contributed by atoms with E-state index in [4.69, 9.17) is 5.73 Å². The van der Waals surface area contributed by atoms with Crippen LogP contribution in [0.15, 0.2) is 0 Å². The molecule has 0 bridgehead atoms. The maximum Gasteiger partial charge on any atom is 0.243 e. The van der Waals surface area contributed by atoms with Crippen molar-refractivity contribution in [3.63, 3.8) is 0 Å². The summed E-state index contributed by atoms with van der Waals surface area (Å²) in [5, 5.41) is 15.9. The molecule has 0 unspecified atom stereocenters. The zero-order chi connectivity index (χ0) is 13.9. The number of β-amino-alcohol motifs (C(OH)–C–C–N with tert-alkyl or cyclic N) is 1. The Hall–Kier alpha value is -1.18. The monoisotopic (exact) mass is 270 g/mol. The molecule has 5 N–H and O–H groups in total. The van der Waals surface area contributed by atoms with Crippen molar-refractivity contribution in [1.82, 2.24) is 15.5 Å². The van der Waals surface area contributed by atoms with Crippen molar-refractivity contribution in [3.05, 3.63) is 0 Å². The number of hydrogen-bond acceptors (Lipinski definition) is 5. The maximum atomic E-state index is 12.2. The average molecular weight is 270 g/mol. The van der Waals surface area contributed by atoms with Crippen LogP contribution < -0.4 is 16.4 Å². The van der Waals surface area contributed by atoms with Gasteiger partial charge in [0.25, 0.3) is 0 Å². The molecule has 7 nitrogen and oxygen atoms in total. The van der Waals surface area contributed by atoms with Gasteiger partial charge in [0.2, 0.25) is 12.3 Å². The topological polar surface area (TPSA) is 108 Å². The Morgan fingerprint density at radius 3 is 2.74 bits per heavy atom. The molecule has 2 saturated heterocycles. The summed E-state index contributed by atoms with van der Waals surface area (Å²) in [6.07, 6.45) is 3.11. The second-order valence-corrected chi connectivity index (χ2v) is 5.47. The van der Waals surface area contributed by atoms with Crippen LogP contribution in [0.25, 0.3) is 0 Å². The fourth-order valence-electron chi connectivity index (χ4n) is 2.71. The van der Waals surface area contributed by atoms with Crippen LogP contribution in [0.5, 0.6) is 0 Å². The summed E-state index contributed by atoms with van der Waals surface area (Å²) in [6, 6.07) is -0.350. The number of piperidine rings is 2. The molecule has 0 aromatic carbocycles. The van der Waals surface area contributed by atoms with Gasteiger partial charge in [0.05, 0.1) is 6.54 Å². The van der Waals surface area contributed by atoms with Crippen molar-refractivity contribution in [1.29, 1.82) is 0 Å². The van der Waals surface area contributed by atoms with Crippen LogP contribution in [0.3, 0.4) is 0 Å². The summed E-state index contributed by atoms with van der Waals surface area (Å²) in [5.74, 6) is -0.144. The van der Waals surface area contributed by atoms with Crippen molar-refractivity contribution in [3.8, 4) is 0 Å². The number of carbonyl (C=O) groups is 2. The van der Waals surface area contributed by atoms with E-state index in [-0.39, 0.29) is 18.5 Å². The van der Waals surface area contributed by atoms with E-state index in [1.165, 1.54) is 4.90 Å². The molecule has 0 aliphatic carbocycles. The lowest BCUT2D eigenvalue weighted by Gasteiger charge is -2.40. The minimum Gasteiger partial charge on any atom is -0.374 e. The first-order valence-electron chi connectivity index (χ1n) is 6.75. The first-order chi connectivity index (χ1) is 9.02. The Morgan fingerprint density at radius 2 is 2.11 bits per heavy atom. The van der Waals surface area contributed by atoms with Gasteiger partial charge in [0.1, 0.15) is 11.8 Å². The van der Waals surface area contributed by atoms with Gasteiger partial charge in [-0.2, -0.15) is 0 Å². The third kappa shape index (κ3) is 3.65. The molecule has 7 heteroatoms. The number of nitrogens with two attached hydrogens (primary N) is 1. The third-order valence-electron chi connectivity index (χ3n) is 3.83. The van der Waals surface area contributed by atoms with Crippen molar-refractivity contribution in [2.45, 2.75) is 43.5 Å². The average Bonchev–Trinajstić information content (AvgIpc) is 2.38. The van der Waals surface area contributed by atoms with Gasteiger partial charge in [-0.05, 0) is 38.8 Å². The molecule has 0 aromatic heterocycles. The maximum absolute atomic E-state index is 12.2. The molecule has 19 heavy (non-hydrogen) atoms. The molecule has 2 fully saturated rings. The van der Waals surface area contributed by atoms with Gasteiger partial charge in [-0.15, -0.1) is 0 Å². The number of aliphatic hydroxyl groups is 1. The minimum atomic E-state index is -1.38. The number of amides is 2. The zero-order valence-corrected chi connectivity index (χ0v) is 11.0. The smallest absolute Gasteiger partial charge is 0.243 e. The lowest BCUT2D eigenvalue weighted by Crippen LogP contribution is -2.61. The highest BCUT2D eigenvalue weighted by Gasteiger charge is 2.38. The molecule has 0 radical (unpaired) electrons. The molecule has 2 heterocycles. The van der Waals surface area contributed by atoms with E-state index in [1.807, 2.05) is 0 Å². The highest BCUT2D eigenvalue weighted by atomic mass is 16.3. The summed E-state index contributed by atoms with van der Waals surface area (Å²) in [7, 11) is 0. The molecule has 2 aliphatic heterocycles. The first-order valence-corrected chi connectivity index (χ1v) is 6.75. The zero-order valence-electron chi connectivity index (χ0n) is 11.0. The predicted molar refractivity (Wildman–Crippen MR) is 69.0 cm³/mol. The molecular formula is C12H22N4O3. The predicted octanol–water partition coefficient (Wildman–Crippen LogP) is -1.88. The van der Waals surface area contributed by atoms with E-state index in [0.29, 0.717) is 19.3 Å². The van der Waals surface area contributed by atoms with Gasteiger partial charge in [0.15, 0.2) is 0 Å². The van der Waals surface area contributed by atoms with Gasteiger partial charge in [-0.3, -0.25) is 9.59 Å². The molecule has 2 rings (SSSR count). The fraction of sp³-hybridized carbons (Fsp3) is 0.833. The van der Waals surface area contributed by atoms with Gasteiger partial charge in [-0.1, -0.05) is 0 Å². The molecule has 0 saturated carbocycles. The minimum absolute atomic E-state index is 0.000802. The first kappa shape index (κ1) is 14.2. The Kier molecular flexibility index (Phi) is 4.38. The lowest BCUT2D eigenvalue weighted by molar-refractivity contribution is -0.142. The summed E-state index contributed by atoms with van der Waals surface area (Å²) in [4.78, 5) is 24.5. The molecule has 0 spiro atoms. The molecule has 2 aliphatic rings. The second-order valence-electron chi connectivity index (χ2n) is 5.47. The normalized spacial score (nSPS) is 32.9. The summed E-state index contributed by atoms with van der Waals surface area (Å²) < 4.78 is 0. The summed E-state index contributed by atoms with van der Waals surface area (Å²) >= 11 is 0. The number of likely N-dealkylation sites (tertiary alicyclic amines) is 1. The van der Waals surface area contributed by atoms with Crippen molar-refractivity contribution >= 4 is 12.3 Å². The van der Waals surface area contributed by atoms with Crippen LogP contribution in [0.1, 0.15) is 25.7 Å². The Bertz CT molecular complexity index is 342. The summed E-state index contributed by atoms with van der Waals surface area (Å²) in [6.45, 7) is 1.80. The van der Waals surface area contributed by atoms with Crippen molar-refractivity contribution in [2.24, 2.45) is 5.73 Å². The Morgan fingerprint density at radius 1 is 1.42 bits per heavy atom. The van der Waals surface area contributed by atoms with Crippen LogP contribution in [0.2, 0.25) is 0 Å². The molecule has 2 atom stereocenters. The Balaban J connectivity index is 1.92. The van der Waals surface area contributed by atoms with Crippen LogP contribution in [-0.4, -0.2) is 59.8 Å². The van der Waals surface area contributed by atoms with Gasteiger partial charge in [-0.25, -0.2) is 0 Å². The van der Waals surface area contributed by atoms with E-state index in [1.54, 1.807) is 0 Å². The van der Waals surface area contributed by atoms with E-state index in [9.17, 15) is 14.7 Å². The highest BCUT2D eigenvalue weighted by Crippen LogP contribution is 2.21. The quantitative estimate of drug-likeness (QED) is 0.355. The van der Waals surface area contributed by atoms with Crippen LogP contribution in [-0.2, 0) is 9.59 Å². The van der Waals surface area contributed by atoms with Gasteiger partial charge in [0, 0.05) is 6.04 Å². The molecule has 0 aromatic rings. The third-order valence-corrected chi connectivity index (χ3v) is 3.83. The largest absolute Gasteiger partial charge is 0.374 e. The Labute approximate surface area is 112 Å². The summed E-state index contributed by atoms with van der Waals surface area (Å²) in [5.41, 5.74) is 4.22. The number of carbonyl (C=O) groups excluding carboxylic acids is 2. The van der Waals surface area contributed by atoms with Crippen LogP contribution in [0.4, 0.5) is 0 Å². The van der Waals surface area contributed by atoms with Gasteiger partial charge >= 0.3 is 0 Å². The molecule has 2 amide bonds. The van der Waals surface area contributed by atoms with Crippen LogP contribution >= 0.6 is 0 Å². The SMILES string of the molecule is N[C@@]1(O)CC[C@@H](C(=O)NC2CCNCC2)N(C=O)C1. The van der Waals surface area contributed by atoms with E-state index in [0.717, 1.165) is 25.9 Å². The van der Waals surface area contributed by atoms with E-state index < -0.39 is 11.8 Å². The standard InChI is InChI=1S/C12H22N4O3/c13-12(19)4-1-10(16(7-12)8-17)11(18)15-9-2-5-14-6-3-9/h8-10,14,19H,1-7,13H2,(H,15,18)/t10-,12+/m0/s1. The molecular weight excluding hydrogens is 248 g/mol. The number of nitrogens with zero attached hydrogens (tertiary/aromatic N) is 1. The van der Waals surface area contributed by atoms with Gasteiger partial charge < -0.3 is 26.4 Å². The van der Waals surface area contributed by atoms with E-state index in [2.05, 4.69) is 10.6 Å². The van der Waals surface area contributed by atoms with E-state index >= 15 is 0 Å². The molecule has 108 valence electrons. The van der Waals surface area contributed by atoms with Crippen molar-refractivity contribution < 1.29 is 14.7 Å².